The number of para-hydroxylation sites is 2. The molecule has 0 aliphatic carbocycles. The Morgan fingerprint density at radius 3 is 2.17 bits per heavy atom. The second-order valence-corrected chi connectivity index (χ2v) is 13.6. The van der Waals surface area contributed by atoms with Crippen molar-refractivity contribution in [2.24, 2.45) is 4.99 Å². The molecule has 11 nitrogen and oxygen atoms in total. The maximum absolute atomic E-state index is 12.6. The van der Waals surface area contributed by atoms with E-state index in [-0.39, 0.29) is 75.8 Å². The number of sulfone groups is 1. The molecule has 0 heterocycles. The van der Waals surface area contributed by atoms with E-state index in [4.69, 9.17) is 4.74 Å². The minimum absolute atomic E-state index is 0. The number of nitrogens with one attached hydrogen (secondary N) is 1. The maximum Gasteiger partial charge on any atom is 1.00 e. The van der Waals surface area contributed by atoms with Gasteiger partial charge in [-0.25, -0.2) is 8.42 Å². The number of carbonyl (C=O) groups is 2. The summed E-state index contributed by atoms with van der Waals surface area (Å²) in [6.07, 6.45) is -1.37. The smallest absolute Gasteiger partial charge is 0.862 e. The van der Waals surface area contributed by atoms with E-state index in [0.717, 1.165) is 0 Å². The van der Waals surface area contributed by atoms with Crippen LogP contribution in [0.25, 0.3) is 0 Å². The molecule has 0 fully saturated rings. The van der Waals surface area contributed by atoms with Crippen LogP contribution in [-0.4, -0.2) is 61.0 Å². The van der Waals surface area contributed by atoms with Crippen LogP contribution in [0.2, 0.25) is 0 Å². The van der Waals surface area contributed by atoms with Crippen LogP contribution < -0.4 is 61.8 Å². The average molecular weight is 559 g/mol. The molecule has 0 saturated carbocycles. The molecular formula is C21H31KN2O9S2. The van der Waals surface area contributed by atoms with E-state index in [1.165, 1.54) is 39.8 Å². The molecule has 1 aromatic rings. The number of nitrogens with zero attached hydrogens (tertiary/aromatic N) is 1. The maximum atomic E-state index is 12.6. The van der Waals surface area contributed by atoms with Crippen molar-refractivity contribution in [1.29, 1.82) is 0 Å². The van der Waals surface area contributed by atoms with Crippen molar-refractivity contribution in [1.82, 2.24) is 0 Å². The van der Waals surface area contributed by atoms with E-state index in [0.29, 0.717) is 0 Å². The number of carbonyl (C=O) groups excluding carboxylic acids is 2. The predicted molar refractivity (Wildman–Crippen MR) is 126 cm³/mol. The molecule has 0 bridgehead atoms. The Hall–Kier alpha value is -0.874. The zero-order valence-corrected chi connectivity index (χ0v) is 25.6. The molecule has 0 aromatic heterocycles. The van der Waals surface area contributed by atoms with Gasteiger partial charge < -0.3 is 15.2 Å². The first-order chi connectivity index (χ1) is 15.4. The molecule has 14 heteroatoms. The quantitative estimate of drug-likeness (QED) is 0.103. The van der Waals surface area contributed by atoms with Crippen molar-refractivity contribution in [2.75, 3.05) is 17.7 Å². The third-order valence-electron chi connectivity index (χ3n) is 5.01. The van der Waals surface area contributed by atoms with E-state index in [1.54, 1.807) is 19.1 Å². The molecule has 1 rings (SSSR count). The van der Waals surface area contributed by atoms with Gasteiger partial charge in [0.1, 0.15) is 4.75 Å². The fraction of sp³-hybridized carbons (Fsp3) is 0.571. The molecule has 0 spiro atoms. The van der Waals surface area contributed by atoms with Crippen LogP contribution in [0.5, 0.6) is 0 Å². The van der Waals surface area contributed by atoms with Crippen LogP contribution in [0.15, 0.2) is 29.3 Å². The Balaban J connectivity index is 0.0000116. The number of amides is 1. The number of benzene rings is 1. The topological polar surface area (TPSA) is 179 Å². The third kappa shape index (κ3) is 10.6. The van der Waals surface area contributed by atoms with Gasteiger partial charge in [-0.15, -0.1) is 0 Å². The molecule has 1 aromatic carbocycles. The molecule has 0 aliphatic heterocycles. The molecule has 0 unspecified atom stereocenters. The van der Waals surface area contributed by atoms with Crippen LogP contribution in [0.4, 0.5) is 11.4 Å². The number of esters is 1. The van der Waals surface area contributed by atoms with E-state index in [1.807, 2.05) is 0 Å². The van der Waals surface area contributed by atoms with Crippen molar-refractivity contribution in [3.05, 3.63) is 24.3 Å². The van der Waals surface area contributed by atoms with Crippen LogP contribution >= 0.6 is 0 Å². The largest absolute Gasteiger partial charge is 1.00 e. The van der Waals surface area contributed by atoms with Crippen molar-refractivity contribution in [3.63, 3.8) is 0 Å². The molecule has 0 saturated heterocycles. The van der Waals surface area contributed by atoms with Crippen molar-refractivity contribution >= 4 is 49.1 Å². The van der Waals surface area contributed by atoms with Gasteiger partial charge in [0.25, 0.3) is 10.1 Å². The first-order valence-electron chi connectivity index (χ1n) is 10.4. The minimum atomic E-state index is -4.49. The Labute approximate surface area is 249 Å². The molecule has 1 amide bonds. The molecular weight excluding hydrogens is 527 g/mol. The number of rotatable bonds is 12. The summed E-state index contributed by atoms with van der Waals surface area (Å²) in [5, 5.41) is 15.0. The van der Waals surface area contributed by atoms with Crippen LogP contribution in [0, 0.1) is 0 Å². The zero-order valence-electron chi connectivity index (χ0n) is 20.8. The summed E-state index contributed by atoms with van der Waals surface area (Å²) in [6.45, 7) is 6.81. The number of anilines is 1. The van der Waals surface area contributed by atoms with Gasteiger partial charge >= 0.3 is 57.4 Å². The second kappa shape index (κ2) is 13.6. The third-order valence-corrected chi connectivity index (χ3v) is 9.12. The number of hydrogen-bond donors (Lipinski definition) is 2. The van der Waals surface area contributed by atoms with E-state index >= 15 is 0 Å². The number of hydrogen-bond acceptors (Lipinski definition) is 9. The van der Waals surface area contributed by atoms with Crippen molar-refractivity contribution in [3.8, 4) is 0 Å². The summed E-state index contributed by atoms with van der Waals surface area (Å²) in [6, 6.07) is 5.96. The minimum Gasteiger partial charge on any atom is -0.862 e. The van der Waals surface area contributed by atoms with Gasteiger partial charge in [0.05, 0.1) is 34.9 Å². The molecule has 2 N–H and O–H groups in total. The van der Waals surface area contributed by atoms with E-state index in [9.17, 15) is 36.1 Å². The average Bonchev–Trinajstić information content (AvgIpc) is 2.66. The summed E-state index contributed by atoms with van der Waals surface area (Å²) < 4.78 is 58.9. The van der Waals surface area contributed by atoms with E-state index < -0.39 is 65.8 Å². The van der Waals surface area contributed by atoms with Gasteiger partial charge in [-0.05, 0) is 59.1 Å². The van der Waals surface area contributed by atoms with E-state index in [2.05, 4.69) is 10.3 Å². The summed E-state index contributed by atoms with van der Waals surface area (Å²) in [5.74, 6) is -2.65. The summed E-state index contributed by atoms with van der Waals surface area (Å²) in [7, 11) is -8.35. The number of aliphatic imine (C=N–C) groups is 1. The van der Waals surface area contributed by atoms with Gasteiger partial charge in [0, 0.05) is 6.42 Å². The van der Waals surface area contributed by atoms with Gasteiger partial charge in [-0.1, -0.05) is 12.1 Å². The Morgan fingerprint density at radius 2 is 1.63 bits per heavy atom. The second-order valence-electron chi connectivity index (χ2n) is 8.79. The fourth-order valence-corrected chi connectivity index (χ4v) is 4.37. The Bertz CT molecular complexity index is 1150. The number of ether oxygens (including phenoxy) is 1. The molecule has 192 valence electrons. The van der Waals surface area contributed by atoms with Gasteiger partial charge in [0.15, 0.2) is 9.84 Å². The van der Waals surface area contributed by atoms with Crippen molar-refractivity contribution < 1.29 is 92.2 Å². The Morgan fingerprint density at radius 1 is 1.06 bits per heavy atom. The van der Waals surface area contributed by atoms with Crippen LogP contribution in [0.3, 0.4) is 0 Å². The van der Waals surface area contributed by atoms with Crippen LogP contribution in [0.1, 0.15) is 53.9 Å². The monoisotopic (exact) mass is 558 g/mol. The summed E-state index contributed by atoms with van der Waals surface area (Å²) >= 11 is 0. The molecule has 0 atom stereocenters. The molecule has 0 aliphatic rings. The SMILES string of the molecule is CCOC(=O)CCS(=O)(=O)C(C)(C)CC([O-])=Nc1ccccc1NC(=O)CC(C)(C)S(=O)(=O)O.[K+]. The van der Waals surface area contributed by atoms with Crippen molar-refractivity contribution in [2.45, 2.75) is 63.4 Å². The first kappa shape index (κ1) is 34.1. The standard InChI is InChI=1S/C21H32N2O9S2.K/c1-6-32-19(26)11-12-33(27,28)20(2,3)13-17(24)22-15-9-7-8-10-16(15)23-18(25)14-21(4,5)34(29,30)31;/h7-10H,6,11-14H2,1-5H3,(H,22,24)(H,23,25)(H,29,30,31);/q;+1/p-1. The Kier molecular flexibility index (Phi) is 13.3. The zero-order chi connectivity index (χ0) is 26.4. The summed E-state index contributed by atoms with van der Waals surface area (Å²) in [5.41, 5.74) is 0.153. The molecule has 0 radical (unpaired) electrons. The fourth-order valence-electron chi connectivity index (χ4n) is 2.72. The van der Waals surface area contributed by atoms with Gasteiger partial charge in [0.2, 0.25) is 5.91 Å². The van der Waals surface area contributed by atoms with Gasteiger partial charge in [-0.3, -0.25) is 19.1 Å². The summed E-state index contributed by atoms with van der Waals surface area (Å²) in [4.78, 5) is 27.7. The molecule has 35 heavy (non-hydrogen) atoms. The van der Waals surface area contributed by atoms with Gasteiger partial charge in [-0.2, -0.15) is 8.42 Å². The predicted octanol–water partition coefficient (Wildman–Crippen LogP) is -1.39. The first-order valence-corrected chi connectivity index (χ1v) is 13.5. The normalized spacial score (nSPS) is 13.0. The van der Waals surface area contributed by atoms with Crippen LogP contribution in [-0.2, 0) is 34.3 Å².